The van der Waals surface area contributed by atoms with Gasteiger partial charge in [-0.15, -0.1) is 0 Å². The zero-order chi connectivity index (χ0) is 12.4. The van der Waals surface area contributed by atoms with Crippen LogP contribution in [-0.4, -0.2) is 37.1 Å². The quantitative estimate of drug-likeness (QED) is 0.813. The van der Waals surface area contributed by atoms with E-state index < -0.39 is 0 Å². The molecule has 2 heteroatoms. The summed E-state index contributed by atoms with van der Waals surface area (Å²) in [6, 6.07) is 1.55. The Kier molecular flexibility index (Phi) is 4.48. The molecule has 2 aliphatic rings. The molecule has 0 aromatic heterocycles. The maximum atomic E-state index is 3.51. The van der Waals surface area contributed by atoms with Crippen LogP contribution in [-0.2, 0) is 0 Å². The molecule has 0 amide bonds. The first-order chi connectivity index (χ1) is 8.11. The van der Waals surface area contributed by atoms with Crippen molar-refractivity contribution in [3.63, 3.8) is 0 Å². The summed E-state index contributed by atoms with van der Waals surface area (Å²) >= 11 is 0. The van der Waals surface area contributed by atoms with Gasteiger partial charge >= 0.3 is 0 Å². The van der Waals surface area contributed by atoms with E-state index in [0.29, 0.717) is 0 Å². The number of nitrogens with zero attached hydrogens (tertiary/aromatic N) is 1. The van der Waals surface area contributed by atoms with Gasteiger partial charge in [0.2, 0.25) is 0 Å². The number of piperidine rings is 1. The second kappa shape index (κ2) is 5.71. The maximum Gasteiger partial charge on any atom is 0.0104 e. The third-order valence-corrected chi connectivity index (χ3v) is 5.22. The molecule has 0 spiro atoms. The van der Waals surface area contributed by atoms with Gasteiger partial charge in [0.1, 0.15) is 0 Å². The standard InChI is InChI=1S/C15H30N2/c1-11-8-12(2)13(3)17(9-11)10-14-6-5-7-15(14)16-4/h11-16H,5-10H2,1-4H3. The van der Waals surface area contributed by atoms with Crippen molar-refractivity contribution in [1.82, 2.24) is 10.2 Å². The van der Waals surface area contributed by atoms with Gasteiger partial charge in [-0.05, 0) is 51.0 Å². The summed E-state index contributed by atoms with van der Waals surface area (Å²) in [5, 5.41) is 3.51. The van der Waals surface area contributed by atoms with Gasteiger partial charge in [0.05, 0.1) is 0 Å². The van der Waals surface area contributed by atoms with Crippen LogP contribution in [0.25, 0.3) is 0 Å². The second-order valence-electron chi connectivity index (χ2n) is 6.60. The van der Waals surface area contributed by atoms with Gasteiger partial charge in [-0.1, -0.05) is 20.3 Å². The monoisotopic (exact) mass is 238 g/mol. The number of rotatable bonds is 3. The first-order valence-corrected chi connectivity index (χ1v) is 7.53. The van der Waals surface area contributed by atoms with Crippen molar-refractivity contribution in [2.75, 3.05) is 20.1 Å². The molecule has 2 nitrogen and oxygen atoms in total. The van der Waals surface area contributed by atoms with Crippen LogP contribution in [0.5, 0.6) is 0 Å². The average molecular weight is 238 g/mol. The number of likely N-dealkylation sites (tertiary alicyclic amines) is 1. The minimum Gasteiger partial charge on any atom is -0.317 e. The topological polar surface area (TPSA) is 15.3 Å². The molecule has 17 heavy (non-hydrogen) atoms. The fourth-order valence-corrected chi connectivity index (χ4v) is 4.01. The first-order valence-electron chi connectivity index (χ1n) is 7.53. The highest BCUT2D eigenvalue weighted by atomic mass is 15.2. The lowest BCUT2D eigenvalue weighted by Crippen LogP contribution is -2.49. The van der Waals surface area contributed by atoms with E-state index in [9.17, 15) is 0 Å². The molecule has 0 bridgehead atoms. The molecule has 1 aliphatic carbocycles. The van der Waals surface area contributed by atoms with E-state index in [4.69, 9.17) is 0 Å². The predicted molar refractivity (Wildman–Crippen MR) is 74.2 cm³/mol. The summed E-state index contributed by atoms with van der Waals surface area (Å²) in [7, 11) is 2.13. The highest BCUT2D eigenvalue weighted by molar-refractivity contribution is 4.88. The molecule has 1 N–H and O–H groups in total. The van der Waals surface area contributed by atoms with Gasteiger partial charge in [-0.2, -0.15) is 0 Å². The Morgan fingerprint density at radius 2 is 1.94 bits per heavy atom. The summed E-state index contributed by atoms with van der Waals surface area (Å²) in [6.45, 7) is 9.91. The Labute approximate surface area is 107 Å². The minimum atomic E-state index is 0.773. The maximum absolute atomic E-state index is 3.51. The van der Waals surface area contributed by atoms with Gasteiger partial charge in [0, 0.05) is 25.2 Å². The van der Waals surface area contributed by atoms with Crippen molar-refractivity contribution >= 4 is 0 Å². The molecule has 1 saturated carbocycles. The molecule has 2 fully saturated rings. The van der Waals surface area contributed by atoms with Gasteiger partial charge < -0.3 is 5.32 Å². The largest absolute Gasteiger partial charge is 0.317 e. The van der Waals surface area contributed by atoms with Crippen molar-refractivity contribution in [3.8, 4) is 0 Å². The number of hydrogen-bond acceptors (Lipinski definition) is 2. The van der Waals surface area contributed by atoms with E-state index in [1.54, 1.807) is 0 Å². The van der Waals surface area contributed by atoms with Gasteiger partial charge in [-0.3, -0.25) is 4.90 Å². The highest BCUT2D eigenvalue weighted by Crippen LogP contribution is 2.31. The molecule has 0 aromatic rings. The smallest absolute Gasteiger partial charge is 0.0104 e. The second-order valence-corrected chi connectivity index (χ2v) is 6.60. The molecular weight excluding hydrogens is 208 g/mol. The SMILES string of the molecule is CNC1CCCC1CN1CC(C)CC(C)C1C. The van der Waals surface area contributed by atoms with Crippen LogP contribution < -0.4 is 5.32 Å². The zero-order valence-electron chi connectivity index (χ0n) is 12.1. The van der Waals surface area contributed by atoms with Crippen LogP contribution in [0.15, 0.2) is 0 Å². The Bertz CT molecular complexity index is 241. The van der Waals surface area contributed by atoms with E-state index in [1.165, 1.54) is 38.8 Å². The molecule has 1 saturated heterocycles. The Balaban J connectivity index is 1.92. The van der Waals surface area contributed by atoms with E-state index in [2.05, 4.69) is 38.0 Å². The molecule has 0 radical (unpaired) electrons. The Morgan fingerprint density at radius 1 is 1.18 bits per heavy atom. The lowest BCUT2D eigenvalue weighted by Gasteiger charge is -2.43. The summed E-state index contributed by atoms with van der Waals surface area (Å²) in [4.78, 5) is 2.76. The lowest BCUT2D eigenvalue weighted by atomic mass is 9.85. The normalized spacial score (nSPS) is 44.1. The molecule has 5 unspecified atom stereocenters. The van der Waals surface area contributed by atoms with Crippen LogP contribution in [0, 0.1) is 17.8 Å². The first kappa shape index (κ1) is 13.4. The number of nitrogens with one attached hydrogen (secondary N) is 1. The summed E-state index contributed by atoms with van der Waals surface area (Å²) < 4.78 is 0. The fraction of sp³-hybridized carbons (Fsp3) is 1.00. The van der Waals surface area contributed by atoms with Crippen molar-refractivity contribution in [3.05, 3.63) is 0 Å². The number of hydrogen-bond donors (Lipinski definition) is 1. The van der Waals surface area contributed by atoms with E-state index in [-0.39, 0.29) is 0 Å². The van der Waals surface area contributed by atoms with Crippen molar-refractivity contribution in [1.29, 1.82) is 0 Å². The lowest BCUT2D eigenvalue weighted by molar-refractivity contribution is 0.0618. The molecule has 1 heterocycles. The van der Waals surface area contributed by atoms with Crippen LogP contribution in [0.1, 0.15) is 46.5 Å². The third-order valence-electron chi connectivity index (χ3n) is 5.22. The summed E-state index contributed by atoms with van der Waals surface area (Å²) in [5.74, 6) is 2.64. The van der Waals surface area contributed by atoms with Crippen LogP contribution in [0.3, 0.4) is 0 Å². The Hall–Kier alpha value is -0.0800. The summed E-state index contributed by atoms with van der Waals surface area (Å²) in [5.41, 5.74) is 0. The minimum absolute atomic E-state index is 0.773. The molecular formula is C15H30N2. The van der Waals surface area contributed by atoms with Gasteiger partial charge in [0.15, 0.2) is 0 Å². The molecule has 2 rings (SSSR count). The van der Waals surface area contributed by atoms with Gasteiger partial charge in [0.25, 0.3) is 0 Å². The molecule has 5 atom stereocenters. The van der Waals surface area contributed by atoms with Gasteiger partial charge in [-0.25, -0.2) is 0 Å². The summed E-state index contributed by atoms with van der Waals surface area (Å²) in [6.07, 6.45) is 5.65. The van der Waals surface area contributed by atoms with Crippen LogP contribution in [0.4, 0.5) is 0 Å². The zero-order valence-corrected chi connectivity index (χ0v) is 12.1. The molecule has 100 valence electrons. The van der Waals surface area contributed by atoms with Crippen LogP contribution >= 0.6 is 0 Å². The molecule has 0 aromatic carbocycles. The molecule has 1 aliphatic heterocycles. The third kappa shape index (κ3) is 3.03. The van der Waals surface area contributed by atoms with Crippen molar-refractivity contribution in [2.45, 2.75) is 58.5 Å². The Morgan fingerprint density at radius 3 is 2.65 bits per heavy atom. The highest BCUT2D eigenvalue weighted by Gasteiger charge is 2.33. The fourth-order valence-electron chi connectivity index (χ4n) is 4.01. The van der Waals surface area contributed by atoms with E-state index in [0.717, 1.165) is 29.8 Å². The predicted octanol–water partition coefficient (Wildman–Crippen LogP) is 2.74. The van der Waals surface area contributed by atoms with E-state index >= 15 is 0 Å². The van der Waals surface area contributed by atoms with Crippen molar-refractivity contribution < 1.29 is 0 Å². The average Bonchev–Trinajstić information content (AvgIpc) is 2.72. The van der Waals surface area contributed by atoms with E-state index in [1.807, 2.05) is 0 Å². The van der Waals surface area contributed by atoms with Crippen molar-refractivity contribution in [2.24, 2.45) is 17.8 Å². The van der Waals surface area contributed by atoms with Crippen LogP contribution in [0.2, 0.25) is 0 Å².